The number of hydrogen-bond acceptors (Lipinski definition) is 4. The van der Waals surface area contributed by atoms with Crippen LogP contribution in [0, 0.1) is 0 Å². The lowest BCUT2D eigenvalue weighted by Gasteiger charge is -2.11. The van der Waals surface area contributed by atoms with Crippen molar-refractivity contribution >= 4 is 44.8 Å². The van der Waals surface area contributed by atoms with Crippen LogP contribution in [0.5, 0.6) is 5.75 Å². The largest absolute Gasteiger partial charge is 0.492 e. The van der Waals surface area contributed by atoms with Gasteiger partial charge in [-0.3, -0.25) is 9.52 Å². The molecule has 27 heavy (non-hydrogen) atoms. The molecule has 0 atom stereocenters. The second-order valence-corrected chi connectivity index (χ2v) is 8.43. The van der Waals surface area contributed by atoms with Gasteiger partial charge in [0.15, 0.2) is 0 Å². The summed E-state index contributed by atoms with van der Waals surface area (Å²) in [6.45, 7) is 0.805. The molecule has 0 fully saturated rings. The van der Waals surface area contributed by atoms with Crippen molar-refractivity contribution in [3.8, 4) is 5.75 Å². The molecule has 6 nitrogen and oxygen atoms in total. The number of anilines is 1. The zero-order valence-electron chi connectivity index (χ0n) is 14.7. The van der Waals surface area contributed by atoms with Crippen molar-refractivity contribution in [2.45, 2.75) is 12.8 Å². The summed E-state index contributed by atoms with van der Waals surface area (Å²) in [5, 5.41) is 3.75. The van der Waals surface area contributed by atoms with E-state index >= 15 is 0 Å². The predicted octanol–water partition coefficient (Wildman–Crippen LogP) is 3.49. The highest BCUT2D eigenvalue weighted by Crippen LogP contribution is 2.27. The van der Waals surface area contributed by atoms with Crippen LogP contribution >= 0.6 is 23.2 Å². The summed E-state index contributed by atoms with van der Waals surface area (Å²) < 4.78 is 30.8. The zero-order valence-corrected chi connectivity index (χ0v) is 17.0. The Kier molecular flexibility index (Phi) is 7.77. The number of benzene rings is 2. The van der Waals surface area contributed by atoms with Crippen LogP contribution < -0.4 is 14.8 Å². The van der Waals surface area contributed by atoms with Crippen LogP contribution in [-0.4, -0.2) is 33.7 Å². The predicted molar refractivity (Wildman–Crippen MR) is 108 cm³/mol. The molecule has 0 unspecified atom stereocenters. The molecule has 2 N–H and O–H groups in total. The van der Waals surface area contributed by atoms with E-state index in [1.807, 2.05) is 0 Å². The van der Waals surface area contributed by atoms with Crippen molar-refractivity contribution < 1.29 is 17.9 Å². The lowest BCUT2D eigenvalue weighted by atomic mass is 10.1. The maximum atomic E-state index is 12.1. The van der Waals surface area contributed by atoms with Gasteiger partial charge >= 0.3 is 0 Å². The minimum absolute atomic E-state index is 0.0720. The summed E-state index contributed by atoms with van der Waals surface area (Å²) in [6.07, 6.45) is 1.73. The number of halogens is 2. The maximum Gasteiger partial charge on any atom is 0.229 e. The van der Waals surface area contributed by atoms with Gasteiger partial charge in [0.2, 0.25) is 15.9 Å². The van der Waals surface area contributed by atoms with Crippen LogP contribution in [0.25, 0.3) is 0 Å². The first-order chi connectivity index (χ1) is 12.7. The Morgan fingerprint density at radius 2 is 1.89 bits per heavy atom. The Morgan fingerprint density at radius 3 is 2.59 bits per heavy atom. The van der Waals surface area contributed by atoms with E-state index in [9.17, 15) is 13.2 Å². The maximum absolute atomic E-state index is 12.1. The fourth-order valence-electron chi connectivity index (χ4n) is 2.28. The zero-order chi connectivity index (χ0) is 19.9. The summed E-state index contributed by atoms with van der Waals surface area (Å²) >= 11 is 11.8. The third kappa shape index (κ3) is 7.66. The van der Waals surface area contributed by atoms with Gasteiger partial charge in [-0.2, -0.15) is 0 Å². The molecule has 0 aliphatic rings. The molecule has 0 heterocycles. The smallest absolute Gasteiger partial charge is 0.229 e. The van der Waals surface area contributed by atoms with E-state index in [1.54, 1.807) is 42.5 Å². The molecule has 0 saturated carbocycles. The van der Waals surface area contributed by atoms with E-state index in [1.165, 1.54) is 0 Å². The Bertz CT molecular complexity index is 904. The van der Waals surface area contributed by atoms with E-state index in [2.05, 4.69) is 10.0 Å². The molecule has 2 aromatic carbocycles. The first kappa shape index (κ1) is 21.3. The second-order valence-electron chi connectivity index (χ2n) is 5.83. The average Bonchev–Trinajstić information content (AvgIpc) is 2.57. The van der Waals surface area contributed by atoms with E-state index in [4.69, 9.17) is 27.9 Å². The van der Waals surface area contributed by atoms with E-state index in [0.717, 1.165) is 6.26 Å². The number of sulfonamides is 1. The van der Waals surface area contributed by atoms with Crippen molar-refractivity contribution in [1.29, 1.82) is 0 Å². The third-order valence-electron chi connectivity index (χ3n) is 3.46. The normalized spacial score (nSPS) is 11.1. The molecule has 0 spiro atoms. The van der Waals surface area contributed by atoms with Crippen LogP contribution in [0.1, 0.15) is 12.0 Å². The molecule has 146 valence electrons. The molecule has 0 aliphatic carbocycles. The fourth-order valence-corrected chi connectivity index (χ4v) is 3.35. The molecule has 0 aromatic heterocycles. The SMILES string of the molecule is CS(=O)(=O)Nc1ccccc1CC(=O)NCCCOc1ccc(Cl)cc1Cl. The number of carbonyl (C=O) groups is 1. The van der Waals surface area contributed by atoms with Crippen LogP contribution in [0.4, 0.5) is 5.69 Å². The highest BCUT2D eigenvalue weighted by molar-refractivity contribution is 7.92. The Balaban J connectivity index is 1.77. The lowest BCUT2D eigenvalue weighted by molar-refractivity contribution is -0.120. The third-order valence-corrected chi connectivity index (χ3v) is 4.58. The average molecular weight is 431 g/mol. The van der Waals surface area contributed by atoms with Gasteiger partial charge in [-0.25, -0.2) is 8.42 Å². The standard InChI is InChI=1S/C18H20Cl2N2O4S/c1-27(24,25)22-16-6-3-2-5-13(16)11-18(23)21-9-4-10-26-17-8-7-14(19)12-15(17)20/h2-3,5-8,12,22H,4,9-11H2,1H3,(H,21,23). The van der Waals surface area contributed by atoms with Crippen LogP contribution in [-0.2, 0) is 21.2 Å². The molecule has 1 amide bonds. The first-order valence-electron chi connectivity index (χ1n) is 8.15. The molecule has 0 radical (unpaired) electrons. The molecule has 2 aromatic rings. The molecular formula is C18H20Cl2N2O4S. The lowest BCUT2D eigenvalue weighted by Crippen LogP contribution is -2.27. The van der Waals surface area contributed by atoms with Crippen LogP contribution in [0.3, 0.4) is 0 Å². The minimum Gasteiger partial charge on any atom is -0.492 e. The first-order valence-corrected chi connectivity index (χ1v) is 10.8. The topological polar surface area (TPSA) is 84.5 Å². The number of rotatable bonds is 9. The Hall–Kier alpha value is -1.96. The van der Waals surface area contributed by atoms with Gasteiger partial charge in [0.05, 0.1) is 30.0 Å². The summed E-state index contributed by atoms with van der Waals surface area (Å²) in [7, 11) is -3.41. The number of nitrogens with one attached hydrogen (secondary N) is 2. The molecular weight excluding hydrogens is 411 g/mol. The van der Waals surface area contributed by atoms with Crippen molar-refractivity contribution in [3.63, 3.8) is 0 Å². The van der Waals surface area contributed by atoms with Gasteiger partial charge in [0.1, 0.15) is 5.75 Å². The monoisotopic (exact) mass is 430 g/mol. The van der Waals surface area contributed by atoms with Crippen LogP contribution in [0.2, 0.25) is 10.0 Å². The van der Waals surface area contributed by atoms with Crippen molar-refractivity contribution in [3.05, 3.63) is 58.1 Å². The van der Waals surface area contributed by atoms with Gasteiger partial charge in [0, 0.05) is 11.6 Å². The number of ether oxygens (including phenoxy) is 1. The Morgan fingerprint density at radius 1 is 1.15 bits per heavy atom. The van der Waals surface area contributed by atoms with Gasteiger partial charge in [0.25, 0.3) is 0 Å². The molecule has 0 bridgehead atoms. The van der Waals surface area contributed by atoms with Crippen molar-refractivity contribution in [2.75, 3.05) is 24.1 Å². The second kappa shape index (κ2) is 9.82. The molecule has 9 heteroatoms. The van der Waals surface area contributed by atoms with Crippen molar-refractivity contribution in [2.24, 2.45) is 0 Å². The van der Waals surface area contributed by atoms with E-state index in [0.29, 0.717) is 46.6 Å². The van der Waals surface area contributed by atoms with E-state index < -0.39 is 10.0 Å². The highest BCUT2D eigenvalue weighted by atomic mass is 35.5. The van der Waals surface area contributed by atoms with Gasteiger partial charge in [-0.15, -0.1) is 0 Å². The summed E-state index contributed by atoms with van der Waals surface area (Å²) in [6, 6.07) is 11.8. The molecule has 2 rings (SSSR count). The van der Waals surface area contributed by atoms with Crippen molar-refractivity contribution in [1.82, 2.24) is 5.32 Å². The number of para-hydroxylation sites is 1. The fraction of sp³-hybridized carbons (Fsp3) is 0.278. The van der Waals surface area contributed by atoms with Gasteiger partial charge < -0.3 is 10.1 Å². The Labute approximate surface area is 168 Å². The van der Waals surface area contributed by atoms with Gasteiger partial charge in [-0.05, 0) is 36.2 Å². The molecule has 0 aliphatic heterocycles. The summed E-state index contributed by atoms with van der Waals surface area (Å²) in [4.78, 5) is 12.1. The number of carbonyl (C=O) groups excluding carboxylic acids is 1. The quantitative estimate of drug-likeness (QED) is 0.596. The number of hydrogen-bond donors (Lipinski definition) is 2. The van der Waals surface area contributed by atoms with Crippen LogP contribution in [0.15, 0.2) is 42.5 Å². The summed E-state index contributed by atoms with van der Waals surface area (Å²) in [5.41, 5.74) is 1.00. The minimum atomic E-state index is -3.41. The van der Waals surface area contributed by atoms with E-state index in [-0.39, 0.29) is 12.3 Å². The highest BCUT2D eigenvalue weighted by Gasteiger charge is 2.10. The number of amides is 1. The van der Waals surface area contributed by atoms with Gasteiger partial charge in [-0.1, -0.05) is 41.4 Å². The molecule has 0 saturated heterocycles. The summed E-state index contributed by atoms with van der Waals surface area (Å²) in [5.74, 6) is 0.329.